The minimum Gasteiger partial charge on any atom is -0.480 e. The third kappa shape index (κ3) is 12.3. The molecule has 0 saturated carbocycles. The summed E-state index contributed by atoms with van der Waals surface area (Å²) >= 11 is 0. The summed E-state index contributed by atoms with van der Waals surface area (Å²) in [6.07, 6.45) is 0.290. The number of hydrogen-bond acceptors (Lipinski definition) is 7. The van der Waals surface area contributed by atoms with Gasteiger partial charge in [-0.25, -0.2) is 4.79 Å². The number of carboxylic acids is 1. The van der Waals surface area contributed by atoms with Gasteiger partial charge in [0.1, 0.15) is 12.1 Å². The van der Waals surface area contributed by atoms with Gasteiger partial charge in [-0.05, 0) is 31.2 Å². The number of nitrogens with zero attached hydrogens (tertiary/aromatic N) is 1. The smallest absolute Gasteiger partial charge is 0.326 e. The van der Waals surface area contributed by atoms with E-state index in [1.807, 2.05) is 30.3 Å². The fourth-order valence-corrected chi connectivity index (χ4v) is 3.09. The highest BCUT2D eigenvalue weighted by molar-refractivity contribution is 5.92. The first-order valence-corrected chi connectivity index (χ1v) is 11.2. The van der Waals surface area contributed by atoms with E-state index in [0.717, 1.165) is 5.56 Å². The van der Waals surface area contributed by atoms with E-state index in [1.54, 1.807) is 0 Å². The van der Waals surface area contributed by atoms with Crippen molar-refractivity contribution in [2.24, 2.45) is 27.9 Å². The van der Waals surface area contributed by atoms with Crippen molar-refractivity contribution in [3.8, 4) is 0 Å². The van der Waals surface area contributed by atoms with Crippen molar-refractivity contribution in [2.75, 3.05) is 13.1 Å². The molecule has 0 heterocycles. The molecule has 0 aromatic heterocycles. The number of aliphatic imine (C=N–C) groups is 1. The van der Waals surface area contributed by atoms with E-state index in [-0.39, 0.29) is 38.2 Å². The average molecular weight is 507 g/mol. The molecule has 3 unspecified atom stereocenters. The molecule has 198 valence electrons. The largest absolute Gasteiger partial charge is 0.480 e. The number of hydrogen-bond donors (Lipinski definition) is 8. The van der Waals surface area contributed by atoms with E-state index in [4.69, 9.17) is 22.9 Å². The van der Waals surface area contributed by atoms with Crippen LogP contribution in [0.4, 0.5) is 0 Å². The molecule has 1 aromatic carbocycles. The SMILES string of the molecule is NC(=O)CCC(NC(=O)CNC(=O)C(CCCN=C(N)N)NC(=O)C(N)Cc1ccccc1)C(=O)O. The number of benzene rings is 1. The summed E-state index contributed by atoms with van der Waals surface area (Å²) in [6, 6.07) is 5.77. The summed E-state index contributed by atoms with van der Waals surface area (Å²) in [6.45, 7) is -0.353. The summed E-state index contributed by atoms with van der Waals surface area (Å²) in [5.74, 6) is -4.24. The molecule has 1 rings (SSSR count). The van der Waals surface area contributed by atoms with Crippen LogP contribution in [0.1, 0.15) is 31.2 Å². The summed E-state index contributed by atoms with van der Waals surface area (Å²) in [7, 11) is 0. The van der Waals surface area contributed by atoms with E-state index in [1.165, 1.54) is 0 Å². The number of nitrogens with two attached hydrogens (primary N) is 4. The second kappa shape index (κ2) is 15.7. The van der Waals surface area contributed by atoms with Crippen molar-refractivity contribution in [1.29, 1.82) is 0 Å². The molecule has 0 aliphatic carbocycles. The molecule has 36 heavy (non-hydrogen) atoms. The van der Waals surface area contributed by atoms with Gasteiger partial charge in [0.2, 0.25) is 23.6 Å². The van der Waals surface area contributed by atoms with E-state index in [0.29, 0.717) is 6.42 Å². The topological polar surface area (TPSA) is 258 Å². The second-order valence-corrected chi connectivity index (χ2v) is 7.99. The van der Waals surface area contributed by atoms with Gasteiger partial charge in [-0.15, -0.1) is 0 Å². The van der Waals surface area contributed by atoms with E-state index in [9.17, 15) is 29.1 Å². The molecular weight excluding hydrogens is 472 g/mol. The molecule has 0 spiro atoms. The minimum absolute atomic E-state index is 0.120. The Morgan fingerprint density at radius 3 is 2.17 bits per heavy atom. The van der Waals surface area contributed by atoms with Crippen LogP contribution in [0.2, 0.25) is 0 Å². The Morgan fingerprint density at radius 2 is 1.58 bits per heavy atom. The predicted octanol–water partition coefficient (Wildman–Crippen LogP) is -2.95. The number of carbonyl (C=O) groups excluding carboxylic acids is 4. The molecule has 3 atom stereocenters. The fraction of sp³-hybridized carbons (Fsp3) is 0.455. The normalized spacial score (nSPS) is 12.9. The van der Waals surface area contributed by atoms with Gasteiger partial charge in [0.05, 0.1) is 12.6 Å². The van der Waals surface area contributed by atoms with Gasteiger partial charge >= 0.3 is 5.97 Å². The molecule has 0 fully saturated rings. The fourth-order valence-electron chi connectivity index (χ4n) is 3.09. The maximum atomic E-state index is 12.7. The Balaban J connectivity index is 2.73. The Kier molecular flexibility index (Phi) is 13.0. The summed E-state index contributed by atoms with van der Waals surface area (Å²) in [5, 5.41) is 16.3. The predicted molar refractivity (Wildman–Crippen MR) is 131 cm³/mol. The molecule has 0 aliphatic rings. The Hall–Kier alpha value is -4.20. The first kappa shape index (κ1) is 29.8. The molecule has 12 N–H and O–H groups in total. The quantitative estimate of drug-likeness (QED) is 0.0646. The van der Waals surface area contributed by atoms with Gasteiger partial charge < -0.3 is 44.0 Å². The van der Waals surface area contributed by atoms with Crippen LogP contribution in [-0.2, 0) is 30.4 Å². The van der Waals surface area contributed by atoms with Crippen LogP contribution < -0.4 is 38.9 Å². The number of aliphatic carboxylic acids is 1. The highest BCUT2D eigenvalue weighted by Gasteiger charge is 2.25. The van der Waals surface area contributed by atoms with Crippen LogP contribution >= 0.6 is 0 Å². The van der Waals surface area contributed by atoms with Crippen molar-refractivity contribution in [3.05, 3.63) is 35.9 Å². The van der Waals surface area contributed by atoms with Crippen LogP contribution in [0.25, 0.3) is 0 Å². The maximum absolute atomic E-state index is 12.7. The van der Waals surface area contributed by atoms with E-state index >= 15 is 0 Å². The Morgan fingerprint density at radius 1 is 0.917 bits per heavy atom. The molecular formula is C22H34N8O6. The van der Waals surface area contributed by atoms with Gasteiger partial charge in [-0.1, -0.05) is 30.3 Å². The van der Waals surface area contributed by atoms with Crippen molar-refractivity contribution in [3.63, 3.8) is 0 Å². The molecule has 14 heteroatoms. The van der Waals surface area contributed by atoms with Crippen LogP contribution in [0.15, 0.2) is 35.3 Å². The molecule has 4 amide bonds. The second-order valence-electron chi connectivity index (χ2n) is 7.99. The van der Waals surface area contributed by atoms with Gasteiger partial charge in [0.15, 0.2) is 5.96 Å². The number of guanidine groups is 1. The Bertz CT molecular complexity index is 936. The minimum atomic E-state index is -1.35. The lowest BCUT2D eigenvalue weighted by Gasteiger charge is -2.21. The summed E-state index contributed by atoms with van der Waals surface area (Å²) in [4.78, 5) is 63.5. The zero-order chi connectivity index (χ0) is 27.1. The van der Waals surface area contributed by atoms with Crippen LogP contribution in [0.3, 0.4) is 0 Å². The third-order valence-electron chi connectivity index (χ3n) is 4.95. The zero-order valence-electron chi connectivity index (χ0n) is 19.8. The van der Waals surface area contributed by atoms with Crippen LogP contribution in [0, 0.1) is 0 Å². The van der Waals surface area contributed by atoms with Crippen molar-refractivity contribution < 1.29 is 29.1 Å². The zero-order valence-corrected chi connectivity index (χ0v) is 19.8. The van der Waals surface area contributed by atoms with E-state index in [2.05, 4.69) is 20.9 Å². The molecule has 0 aliphatic heterocycles. The summed E-state index contributed by atoms with van der Waals surface area (Å²) in [5.41, 5.74) is 22.4. The van der Waals surface area contributed by atoms with E-state index < -0.39 is 54.3 Å². The molecule has 0 saturated heterocycles. The highest BCUT2D eigenvalue weighted by atomic mass is 16.4. The van der Waals surface area contributed by atoms with Gasteiger partial charge in [0, 0.05) is 13.0 Å². The maximum Gasteiger partial charge on any atom is 0.326 e. The molecule has 0 radical (unpaired) electrons. The molecule has 14 nitrogen and oxygen atoms in total. The number of carbonyl (C=O) groups is 5. The third-order valence-corrected chi connectivity index (χ3v) is 4.95. The standard InChI is InChI=1S/C22H34N8O6/c23-14(11-13-5-2-1-3-6-13)19(33)30-15(7-4-10-27-22(25)26)20(34)28-12-18(32)29-16(21(35)36)8-9-17(24)31/h1-3,5-6,14-16H,4,7-12,23H2,(H2,24,31)(H,28,34)(H,29,32)(H,30,33)(H,35,36)(H4,25,26,27). The first-order chi connectivity index (χ1) is 17.0. The average Bonchev–Trinajstić information content (AvgIpc) is 2.82. The highest BCUT2D eigenvalue weighted by Crippen LogP contribution is 2.04. The number of carboxylic acid groups (broad SMARTS) is 1. The monoisotopic (exact) mass is 506 g/mol. The first-order valence-electron chi connectivity index (χ1n) is 11.2. The number of primary amides is 1. The molecule has 1 aromatic rings. The summed E-state index contributed by atoms with van der Waals surface area (Å²) < 4.78 is 0. The lowest BCUT2D eigenvalue weighted by Crippen LogP contribution is -2.53. The number of amides is 4. The lowest BCUT2D eigenvalue weighted by molar-refractivity contribution is -0.142. The molecule has 0 bridgehead atoms. The van der Waals surface area contributed by atoms with Gasteiger partial charge in [-0.3, -0.25) is 24.2 Å². The van der Waals surface area contributed by atoms with Crippen molar-refractivity contribution in [1.82, 2.24) is 16.0 Å². The number of nitrogens with one attached hydrogen (secondary N) is 3. The van der Waals surface area contributed by atoms with Crippen LogP contribution in [0.5, 0.6) is 0 Å². The Labute approximate surface area is 208 Å². The number of rotatable bonds is 16. The van der Waals surface area contributed by atoms with Gasteiger partial charge in [0.25, 0.3) is 0 Å². The van der Waals surface area contributed by atoms with Crippen molar-refractivity contribution >= 4 is 35.6 Å². The van der Waals surface area contributed by atoms with Crippen LogP contribution in [-0.4, -0.2) is 71.9 Å². The van der Waals surface area contributed by atoms with Gasteiger partial charge in [-0.2, -0.15) is 0 Å². The lowest BCUT2D eigenvalue weighted by atomic mass is 10.0. The van der Waals surface area contributed by atoms with Crippen molar-refractivity contribution in [2.45, 2.75) is 50.2 Å².